The Hall–Kier alpha value is -1.91. The van der Waals surface area contributed by atoms with Gasteiger partial charge in [0.1, 0.15) is 0 Å². The molecule has 1 aromatic heterocycles. The Balaban J connectivity index is 2.13. The topological polar surface area (TPSA) is 71.1 Å². The first-order valence-corrected chi connectivity index (χ1v) is 6.84. The molecule has 0 aromatic carbocycles. The lowest BCUT2D eigenvalue weighted by Crippen LogP contribution is -2.35. The third-order valence-corrected chi connectivity index (χ3v) is 2.74. The Morgan fingerprint density at radius 3 is 2.55 bits per heavy atom. The molecule has 5 nitrogen and oxygen atoms in total. The zero-order valence-electron chi connectivity index (χ0n) is 12.4. The van der Waals surface area contributed by atoms with E-state index in [1.807, 2.05) is 39.0 Å². The number of nitrogens with one attached hydrogen (secondary N) is 2. The van der Waals surface area contributed by atoms with E-state index in [-0.39, 0.29) is 17.2 Å². The summed E-state index contributed by atoms with van der Waals surface area (Å²) < 4.78 is 0. The van der Waals surface area contributed by atoms with Crippen LogP contribution < -0.4 is 10.6 Å². The third-order valence-electron chi connectivity index (χ3n) is 2.74. The van der Waals surface area contributed by atoms with Crippen LogP contribution in [0.15, 0.2) is 24.4 Å². The summed E-state index contributed by atoms with van der Waals surface area (Å²) in [5.41, 5.74) is 0.447. The van der Waals surface area contributed by atoms with E-state index in [0.29, 0.717) is 25.9 Å². The Morgan fingerprint density at radius 2 is 1.95 bits per heavy atom. The number of aromatic nitrogens is 1. The van der Waals surface area contributed by atoms with E-state index in [0.717, 1.165) is 5.69 Å². The van der Waals surface area contributed by atoms with Crippen molar-refractivity contribution in [2.75, 3.05) is 6.54 Å². The van der Waals surface area contributed by atoms with Gasteiger partial charge in [-0.1, -0.05) is 26.8 Å². The van der Waals surface area contributed by atoms with Crippen LogP contribution in [-0.4, -0.2) is 23.3 Å². The molecule has 1 rings (SSSR count). The van der Waals surface area contributed by atoms with Crippen molar-refractivity contribution >= 4 is 11.8 Å². The Labute approximate surface area is 120 Å². The molecule has 0 spiro atoms. The first-order valence-electron chi connectivity index (χ1n) is 6.84. The van der Waals surface area contributed by atoms with Crippen LogP contribution in [0.4, 0.5) is 0 Å². The van der Waals surface area contributed by atoms with Crippen LogP contribution in [0.5, 0.6) is 0 Å². The van der Waals surface area contributed by atoms with Crippen LogP contribution in [0.25, 0.3) is 0 Å². The van der Waals surface area contributed by atoms with Gasteiger partial charge in [-0.15, -0.1) is 0 Å². The highest BCUT2D eigenvalue weighted by Gasteiger charge is 2.20. The van der Waals surface area contributed by atoms with Gasteiger partial charge in [0.05, 0.1) is 12.2 Å². The van der Waals surface area contributed by atoms with Crippen molar-refractivity contribution in [3.8, 4) is 0 Å². The predicted molar refractivity (Wildman–Crippen MR) is 77.8 cm³/mol. The number of rotatable bonds is 6. The smallest absolute Gasteiger partial charge is 0.225 e. The summed E-state index contributed by atoms with van der Waals surface area (Å²) in [6, 6.07) is 5.59. The van der Waals surface area contributed by atoms with Gasteiger partial charge < -0.3 is 10.6 Å². The van der Waals surface area contributed by atoms with Gasteiger partial charge in [-0.3, -0.25) is 14.6 Å². The monoisotopic (exact) mass is 277 g/mol. The van der Waals surface area contributed by atoms with Gasteiger partial charge in [0.25, 0.3) is 0 Å². The van der Waals surface area contributed by atoms with Gasteiger partial charge in [-0.25, -0.2) is 0 Å². The lowest BCUT2D eigenvalue weighted by atomic mass is 9.96. The molecule has 2 amide bonds. The second-order valence-electron chi connectivity index (χ2n) is 5.71. The molecule has 0 aliphatic heterocycles. The van der Waals surface area contributed by atoms with Crippen molar-refractivity contribution in [1.82, 2.24) is 15.6 Å². The lowest BCUT2D eigenvalue weighted by Gasteiger charge is -2.17. The average Bonchev–Trinajstić information content (AvgIpc) is 2.41. The van der Waals surface area contributed by atoms with Crippen LogP contribution in [0.1, 0.15) is 39.3 Å². The maximum absolute atomic E-state index is 11.6. The number of amides is 2. The van der Waals surface area contributed by atoms with E-state index in [1.165, 1.54) is 0 Å². The van der Waals surface area contributed by atoms with Crippen molar-refractivity contribution < 1.29 is 9.59 Å². The van der Waals surface area contributed by atoms with Gasteiger partial charge in [0, 0.05) is 24.6 Å². The SMILES string of the molecule is CC(C)(C)C(=O)NCCCC(=O)NCc1ccccn1. The highest BCUT2D eigenvalue weighted by Crippen LogP contribution is 2.12. The summed E-state index contributed by atoms with van der Waals surface area (Å²) in [5, 5.41) is 5.62. The minimum Gasteiger partial charge on any atom is -0.356 e. The standard InChI is InChI=1S/C15H23N3O2/c1-15(2,3)14(20)17-10-6-8-13(19)18-11-12-7-4-5-9-16-12/h4-5,7,9H,6,8,10-11H2,1-3H3,(H,17,20)(H,18,19). The molecule has 0 saturated heterocycles. The third kappa shape index (κ3) is 6.31. The highest BCUT2D eigenvalue weighted by atomic mass is 16.2. The molecule has 0 aliphatic rings. The van der Waals surface area contributed by atoms with E-state index in [9.17, 15) is 9.59 Å². The molecule has 110 valence electrons. The minimum absolute atomic E-state index is 0.00592. The van der Waals surface area contributed by atoms with E-state index in [4.69, 9.17) is 0 Å². The molecule has 0 bridgehead atoms. The number of pyridine rings is 1. The molecule has 0 unspecified atom stereocenters. The largest absolute Gasteiger partial charge is 0.356 e. The Bertz CT molecular complexity index is 438. The van der Waals surface area contributed by atoms with Crippen LogP contribution in [0, 0.1) is 5.41 Å². The van der Waals surface area contributed by atoms with Gasteiger partial charge in [-0.05, 0) is 18.6 Å². The number of carbonyl (C=O) groups is 2. The van der Waals surface area contributed by atoms with Crippen molar-refractivity contribution in [2.45, 2.75) is 40.2 Å². The highest BCUT2D eigenvalue weighted by molar-refractivity contribution is 5.81. The quantitative estimate of drug-likeness (QED) is 0.777. The summed E-state index contributed by atoms with van der Waals surface area (Å²) in [7, 11) is 0. The van der Waals surface area contributed by atoms with Crippen molar-refractivity contribution in [2.24, 2.45) is 5.41 Å². The summed E-state index contributed by atoms with van der Waals surface area (Å²) in [6.07, 6.45) is 2.73. The molecular weight excluding hydrogens is 254 g/mol. The molecule has 1 heterocycles. The lowest BCUT2D eigenvalue weighted by molar-refractivity contribution is -0.128. The van der Waals surface area contributed by atoms with E-state index in [1.54, 1.807) is 6.20 Å². The van der Waals surface area contributed by atoms with Gasteiger partial charge in [0.2, 0.25) is 11.8 Å². The molecule has 2 N–H and O–H groups in total. The van der Waals surface area contributed by atoms with Crippen LogP contribution in [-0.2, 0) is 16.1 Å². The van der Waals surface area contributed by atoms with Gasteiger partial charge in [0.15, 0.2) is 0 Å². The fraction of sp³-hybridized carbons (Fsp3) is 0.533. The minimum atomic E-state index is -0.388. The van der Waals surface area contributed by atoms with Crippen molar-refractivity contribution in [3.63, 3.8) is 0 Å². The molecule has 0 fully saturated rings. The summed E-state index contributed by atoms with van der Waals surface area (Å²) in [5.74, 6) is -0.0212. The molecule has 0 radical (unpaired) electrons. The van der Waals surface area contributed by atoms with Gasteiger partial charge in [-0.2, -0.15) is 0 Å². The second kappa shape index (κ2) is 7.62. The Morgan fingerprint density at radius 1 is 1.20 bits per heavy atom. The fourth-order valence-electron chi connectivity index (χ4n) is 1.50. The zero-order valence-corrected chi connectivity index (χ0v) is 12.4. The predicted octanol–water partition coefficient (Wildman–Crippen LogP) is 1.64. The van der Waals surface area contributed by atoms with Crippen LogP contribution >= 0.6 is 0 Å². The average molecular weight is 277 g/mol. The number of carbonyl (C=O) groups excluding carboxylic acids is 2. The molecule has 5 heteroatoms. The van der Waals surface area contributed by atoms with Crippen molar-refractivity contribution in [1.29, 1.82) is 0 Å². The maximum atomic E-state index is 11.6. The summed E-state index contributed by atoms with van der Waals surface area (Å²) >= 11 is 0. The maximum Gasteiger partial charge on any atom is 0.225 e. The normalized spacial score (nSPS) is 10.9. The van der Waals surface area contributed by atoms with Crippen LogP contribution in [0.3, 0.4) is 0 Å². The molecule has 0 aliphatic carbocycles. The molecule has 0 atom stereocenters. The Kier molecular flexibility index (Phi) is 6.15. The van der Waals surface area contributed by atoms with E-state index >= 15 is 0 Å². The van der Waals surface area contributed by atoms with Gasteiger partial charge >= 0.3 is 0 Å². The first kappa shape index (κ1) is 16.1. The molecule has 0 saturated carbocycles. The first-order chi connectivity index (χ1) is 9.39. The van der Waals surface area contributed by atoms with Crippen molar-refractivity contribution in [3.05, 3.63) is 30.1 Å². The number of nitrogens with zero attached hydrogens (tertiary/aromatic N) is 1. The number of hydrogen-bond donors (Lipinski definition) is 2. The molecule has 1 aromatic rings. The zero-order chi connectivity index (χ0) is 15.0. The summed E-state index contributed by atoms with van der Waals surface area (Å²) in [6.45, 7) is 6.55. The van der Waals surface area contributed by atoms with Crippen LogP contribution in [0.2, 0.25) is 0 Å². The van der Waals surface area contributed by atoms with E-state index < -0.39 is 0 Å². The molecule has 20 heavy (non-hydrogen) atoms. The molecular formula is C15H23N3O2. The fourth-order valence-corrected chi connectivity index (χ4v) is 1.50. The second-order valence-corrected chi connectivity index (χ2v) is 5.71. The van der Waals surface area contributed by atoms with E-state index in [2.05, 4.69) is 15.6 Å². The number of hydrogen-bond acceptors (Lipinski definition) is 3. The summed E-state index contributed by atoms with van der Waals surface area (Å²) in [4.78, 5) is 27.3.